The van der Waals surface area contributed by atoms with Gasteiger partial charge in [-0.3, -0.25) is 4.79 Å². The van der Waals surface area contributed by atoms with Gasteiger partial charge in [-0.2, -0.15) is 15.2 Å². The van der Waals surface area contributed by atoms with Crippen LogP contribution in [0.3, 0.4) is 0 Å². The van der Waals surface area contributed by atoms with E-state index in [2.05, 4.69) is 53.8 Å². The fourth-order valence-corrected chi connectivity index (χ4v) is 6.97. The van der Waals surface area contributed by atoms with E-state index in [1.165, 1.54) is 23.6 Å². The van der Waals surface area contributed by atoms with Crippen molar-refractivity contribution in [1.82, 2.24) is 19.8 Å². The number of hydrogen-bond acceptors (Lipinski definition) is 8. The van der Waals surface area contributed by atoms with Crippen molar-refractivity contribution in [2.24, 2.45) is 0 Å². The Morgan fingerprint density at radius 3 is 2.88 bits per heavy atom. The van der Waals surface area contributed by atoms with Crippen LogP contribution in [0.1, 0.15) is 55.2 Å². The molecule has 2 aromatic rings. The van der Waals surface area contributed by atoms with E-state index in [1.54, 1.807) is 4.90 Å². The Kier molecular flexibility index (Phi) is 7.37. The fourth-order valence-electron chi connectivity index (χ4n) is 6.97. The molecule has 6 rings (SSSR count). The number of amides is 1. The van der Waals surface area contributed by atoms with Crippen molar-refractivity contribution in [3.05, 3.63) is 53.6 Å². The topological polar surface area (TPSA) is 94.8 Å². The molecule has 0 radical (unpaired) electrons. The standard InChI is InChI=1S/C31H38N6O3/c1-3-27(38)37-19-18-36(20-23(37)13-16-32)28-25-12-15-31(14-6-9-22-8-4-5-11-26(22)31)40-29(25)34-30(33-28)39-21-24-10-7-17-35(24)2/h3-5,8,11,23-24H,1,6-7,9-10,12-15,17-21H2,2H3/t23-,24-,31+/m0/s1. The first-order chi connectivity index (χ1) is 19.5. The third kappa shape index (κ3) is 4.90. The Hall–Kier alpha value is -3.64. The smallest absolute Gasteiger partial charge is 0.321 e. The highest BCUT2D eigenvalue weighted by molar-refractivity contribution is 5.87. The number of anilines is 1. The number of carbonyl (C=O) groups excluding carboxylic acids is 1. The number of ether oxygens (including phenoxy) is 2. The predicted octanol–water partition coefficient (Wildman–Crippen LogP) is 3.62. The summed E-state index contributed by atoms with van der Waals surface area (Å²) in [6, 6.07) is 11.3. The van der Waals surface area contributed by atoms with E-state index in [4.69, 9.17) is 19.4 Å². The average molecular weight is 543 g/mol. The summed E-state index contributed by atoms with van der Waals surface area (Å²) in [5.74, 6) is 1.26. The van der Waals surface area contributed by atoms with Gasteiger partial charge in [0, 0.05) is 25.7 Å². The van der Waals surface area contributed by atoms with Crippen LogP contribution in [0.2, 0.25) is 0 Å². The molecule has 1 amide bonds. The number of hydrogen-bond donors (Lipinski definition) is 0. The summed E-state index contributed by atoms with van der Waals surface area (Å²) in [4.78, 5) is 28.6. The number of rotatable bonds is 6. The molecule has 40 heavy (non-hydrogen) atoms. The molecule has 1 aromatic carbocycles. The molecule has 4 aliphatic rings. The van der Waals surface area contributed by atoms with Gasteiger partial charge in [-0.15, -0.1) is 0 Å². The molecule has 0 unspecified atom stereocenters. The monoisotopic (exact) mass is 542 g/mol. The highest BCUT2D eigenvalue weighted by Gasteiger charge is 2.44. The van der Waals surface area contributed by atoms with Gasteiger partial charge in [-0.1, -0.05) is 30.8 Å². The Morgan fingerprint density at radius 1 is 1.20 bits per heavy atom. The summed E-state index contributed by atoms with van der Waals surface area (Å²) in [6.45, 7) is 6.86. The molecule has 4 heterocycles. The molecule has 9 heteroatoms. The van der Waals surface area contributed by atoms with Crippen molar-refractivity contribution in [2.75, 3.05) is 44.7 Å². The molecule has 2 fully saturated rings. The molecule has 9 nitrogen and oxygen atoms in total. The number of likely N-dealkylation sites (tertiary alicyclic amines) is 1. The lowest BCUT2D eigenvalue weighted by atomic mass is 9.75. The second kappa shape index (κ2) is 11.1. The number of aryl methyl sites for hydroxylation is 1. The van der Waals surface area contributed by atoms with Crippen LogP contribution in [0.4, 0.5) is 5.82 Å². The van der Waals surface area contributed by atoms with Crippen molar-refractivity contribution < 1.29 is 14.3 Å². The third-order valence-corrected chi connectivity index (χ3v) is 9.18. The second-order valence-electron chi connectivity index (χ2n) is 11.5. The summed E-state index contributed by atoms with van der Waals surface area (Å²) in [7, 11) is 2.13. The van der Waals surface area contributed by atoms with Crippen LogP contribution in [0.15, 0.2) is 36.9 Å². The quantitative estimate of drug-likeness (QED) is 0.511. The summed E-state index contributed by atoms with van der Waals surface area (Å²) < 4.78 is 13.2. The molecule has 2 saturated heterocycles. The first kappa shape index (κ1) is 26.6. The molecule has 0 saturated carbocycles. The molecular weight excluding hydrogens is 504 g/mol. The number of piperazine rings is 1. The Balaban J connectivity index is 1.34. The van der Waals surface area contributed by atoms with Crippen LogP contribution in [0.25, 0.3) is 0 Å². The number of carbonyl (C=O) groups is 1. The number of benzene rings is 1. The molecule has 0 N–H and O–H groups in total. The maximum Gasteiger partial charge on any atom is 0.321 e. The molecule has 0 bridgehead atoms. The van der Waals surface area contributed by atoms with E-state index in [0.717, 1.165) is 56.5 Å². The Labute approximate surface area is 236 Å². The molecule has 1 aliphatic carbocycles. The van der Waals surface area contributed by atoms with Gasteiger partial charge in [0.1, 0.15) is 18.0 Å². The van der Waals surface area contributed by atoms with E-state index in [-0.39, 0.29) is 18.4 Å². The number of aromatic nitrogens is 2. The maximum atomic E-state index is 12.5. The summed E-state index contributed by atoms with van der Waals surface area (Å²) in [6.07, 6.45) is 8.59. The maximum absolute atomic E-state index is 12.5. The zero-order valence-corrected chi connectivity index (χ0v) is 23.3. The van der Waals surface area contributed by atoms with Gasteiger partial charge in [-0.05, 0) is 75.7 Å². The SMILES string of the molecule is C=CC(=O)N1CCN(c2nc(OC[C@@H]3CCCN3C)nc3c2CC[C@@]2(CCCc4ccccc42)O3)C[C@@H]1CC#N. The molecule has 210 valence electrons. The number of fused-ring (bicyclic) bond motifs is 3. The van der Waals surface area contributed by atoms with Crippen molar-refractivity contribution in [3.63, 3.8) is 0 Å². The van der Waals surface area contributed by atoms with Crippen LogP contribution >= 0.6 is 0 Å². The van der Waals surface area contributed by atoms with E-state index in [9.17, 15) is 10.1 Å². The van der Waals surface area contributed by atoms with Crippen molar-refractivity contribution in [1.29, 1.82) is 5.26 Å². The lowest BCUT2D eigenvalue weighted by Gasteiger charge is -2.44. The van der Waals surface area contributed by atoms with Crippen LogP contribution in [0.5, 0.6) is 11.9 Å². The molecule has 1 aromatic heterocycles. The molecule has 3 aliphatic heterocycles. The molecular formula is C31H38N6O3. The van der Waals surface area contributed by atoms with Crippen LogP contribution in [-0.4, -0.2) is 77.6 Å². The zero-order valence-electron chi connectivity index (χ0n) is 23.3. The summed E-state index contributed by atoms with van der Waals surface area (Å²) in [5, 5.41) is 9.50. The highest BCUT2D eigenvalue weighted by atomic mass is 16.5. The van der Waals surface area contributed by atoms with Crippen LogP contribution in [0, 0.1) is 11.3 Å². The Bertz CT molecular complexity index is 1320. The summed E-state index contributed by atoms with van der Waals surface area (Å²) in [5.41, 5.74) is 3.22. The largest absolute Gasteiger partial charge is 0.466 e. The Morgan fingerprint density at radius 2 is 2.08 bits per heavy atom. The predicted molar refractivity (Wildman–Crippen MR) is 151 cm³/mol. The van der Waals surface area contributed by atoms with E-state index < -0.39 is 5.60 Å². The van der Waals surface area contributed by atoms with E-state index in [1.807, 2.05) is 0 Å². The first-order valence-corrected chi connectivity index (χ1v) is 14.6. The van der Waals surface area contributed by atoms with Gasteiger partial charge in [0.05, 0.1) is 24.1 Å². The minimum absolute atomic E-state index is 0.143. The number of nitrogens with zero attached hydrogens (tertiary/aromatic N) is 6. The normalized spacial score (nSPS) is 26.0. The minimum Gasteiger partial charge on any atom is -0.466 e. The van der Waals surface area contributed by atoms with E-state index >= 15 is 0 Å². The van der Waals surface area contributed by atoms with Crippen molar-refractivity contribution in [3.8, 4) is 18.0 Å². The van der Waals surface area contributed by atoms with Gasteiger partial charge in [0.15, 0.2) is 0 Å². The van der Waals surface area contributed by atoms with Crippen molar-refractivity contribution in [2.45, 2.75) is 69.1 Å². The summed E-state index contributed by atoms with van der Waals surface area (Å²) >= 11 is 0. The van der Waals surface area contributed by atoms with Gasteiger partial charge < -0.3 is 24.2 Å². The number of nitriles is 1. The third-order valence-electron chi connectivity index (χ3n) is 9.18. The van der Waals surface area contributed by atoms with Crippen LogP contribution in [-0.2, 0) is 23.2 Å². The van der Waals surface area contributed by atoms with Gasteiger partial charge in [-0.25, -0.2) is 0 Å². The average Bonchev–Trinajstić information content (AvgIpc) is 3.40. The van der Waals surface area contributed by atoms with E-state index in [0.29, 0.717) is 44.2 Å². The minimum atomic E-state index is -0.394. The zero-order chi connectivity index (χ0) is 27.7. The van der Waals surface area contributed by atoms with Crippen LogP contribution < -0.4 is 14.4 Å². The molecule has 1 spiro atoms. The first-order valence-electron chi connectivity index (χ1n) is 14.6. The fraction of sp³-hybridized carbons (Fsp3) is 0.548. The van der Waals surface area contributed by atoms with Gasteiger partial charge in [0.2, 0.25) is 11.8 Å². The highest BCUT2D eigenvalue weighted by Crippen LogP contribution is 2.48. The lowest BCUT2D eigenvalue weighted by molar-refractivity contribution is -0.128. The van der Waals surface area contributed by atoms with Gasteiger partial charge in [0.25, 0.3) is 0 Å². The van der Waals surface area contributed by atoms with Gasteiger partial charge >= 0.3 is 6.01 Å². The number of likely N-dealkylation sites (N-methyl/N-ethyl adjacent to an activating group) is 1. The van der Waals surface area contributed by atoms with Crippen molar-refractivity contribution >= 4 is 11.7 Å². The second-order valence-corrected chi connectivity index (χ2v) is 11.5. The molecule has 3 atom stereocenters. The lowest BCUT2D eigenvalue weighted by Crippen LogP contribution is -2.55.